The molecule has 19 heavy (non-hydrogen) atoms. The predicted octanol–water partition coefficient (Wildman–Crippen LogP) is 1.63. The molecule has 5 heteroatoms. The minimum Gasteiger partial charge on any atom is -0.306 e. The van der Waals surface area contributed by atoms with Gasteiger partial charge < -0.3 is 4.57 Å². The van der Waals surface area contributed by atoms with Gasteiger partial charge in [-0.3, -0.25) is 14.2 Å². The zero-order valence-electron chi connectivity index (χ0n) is 10.5. The molecule has 2 aromatic rings. The molecule has 1 aromatic heterocycles. The van der Waals surface area contributed by atoms with Crippen LogP contribution in [0.25, 0.3) is 5.69 Å². The number of hydrogen-bond donors (Lipinski definition) is 0. The van der Waals surface area contributed by atoms with E-state index in [1.54, 1.807) is 19.1 Å². The maximum Gasteiger partial charge on any atom is 0.320 e. The average Bonchev–Trinajstić information content (AvgIpc) is 2.39. The zero-order valence-corrected chi connectivity index (χ0v) is 10.5. The van der Waals surface area contributed by atoms with Gasteiger partial charge in [0.25, 0.3) is 0 Å². The summed E-state index contributed by atoms with van der Waals surface area (Å²) in [7, 11) is 0. The highest BCUT2D eigenvalue weighted by atomic mass is 19.1. The highest BCUT2D eigenvalue weighted by molar-refractivity contribution is 5.35. The molecule has 1 aromatic carbocycles. The first-order chi connectivity index (χ1) is 9.04. The standard InChI is InChI=1S/C14H13FN2O2/c1-3-6-16-7-8-17(14(19)13(16)18)11-5-4-10(2)12(15)9-11/h3-5,7-9H,1,6H2,2H3. The zero-order chi connectivity index (χ0) is 14.0. The number of aryl methyl sites for hydroxylation is 1. The molecular weight excluding hydrogens is 247 g/mol. The van der Waals surface area contributed by atoms with Crippen molar-refractivity contribution in [1.29, 1.82) is 0 Å². The van der Waals surface area contributed by atoms with Crippen LogP contribution in [0.4, 0.5) is 4.39 Å². The molecule has 0 unspecified atom stereocenters. The lowest BCUT2D eigenvalue weighted by Gasteiger charge is -2.08. The summed E-state index contributed by atoms with van der Waals surface area (Å²) in [5.41, 5.74) is -0.566. The summed E-state index contributed by atoms with van der Waals surface area (Å²) in [6, 6.07) is 4.39. The summed E-state index contributed by atoms with van der Waals surface area (Å²) in [6.07, 6.45) is 4.44. The minimum atomic E-state index is -0.715. The Labute approximate surface area is 109 Å². The molecule has 0 fully saturated rings. The van der Waals surface area contributed by atoms with Gasteiger partial charge in [0.15, 0.2) is 0 Å². The fourth-order valence-corrected chi connectivity index (χ4v) is 1.73. The number of rotatable bonds is 3. The molecule has 0 aliphatic heterocycles. The molecule has 0 radical (unpaired) electrons. The number of allylic oxidation sites excluding steroid dienone is 1. The number of benzene rings is 1. The monoisotopic (exact) mass is 260 g/mol. The van der Waals surface area contributed by atoms with Crippen molar-refractivity contribution < 1.29 is 4.39 Å². The Balaban J connectivity index is 2.61. The van der Waals surface area contributed by atoms with E-state index in [-0.39, 0.29) is 6.54 Å². The van der Waals surface area contributed by atoms with E-state index in [0.717, 1.165) is 4.57 Å². The highest BCUT2D eigenvalue weighted by Crippen LogP contribution is 2.11. The normalized spacial score (nSPS) is 10.4. The molecule has 0 amide bonds. The van der Waals surface area contributed by atoms with Gasteiger partial charge in [0.2, 0.25) is 0 Å². The van der Waals surface area contributed by atoms with E-state index in [9.17, 15) is 14.0 Å². The largest absolute Gasteiger partial charge is 0.320 e. The highest BCUT2D eigenvalue weighted by Gasteiger charge is 2.07. The summed E-state index contributed by atoms with van der Waals surface area (Å²) < 4.78 is 15.9. The van der Waals surface area contributed by atoms with Crippen molar-refractivity contribution in [2.24, 2.45) is 0 Å². The topological polar surface area (TPSA) is 44.0 Å². The average molecular weight is 260 g/mol. The lowest BCUT2D eigenvalue weighted by molar-refractivity contribution is 0.616. The molecule has 2 rings (SSSR count). The lowest BCUT2D eigenvalue weighted by atomic mass is 10.2. The smallest absolute Gasteiger partial charge is 0.306 e. The SMILES string of the molecule is C=CCn1ccn(-c2ccc(C)c(F)c2)c(=O)c1=O. The van der Waals surface area contributed by atoms with Crippen LogP contribution in [0, 0.1) is 12.7 Å². The molecule has 0 bridgehead atoms. The van der Waals surface area contributed by atoms with Crippen molar-refractivity contribution in [2.45, 2.75) is 13.5 Å². The predicted molar refractivity (Wildman–Crippen MR) is 71.2 cm³/mol. The first-order valence-corrected chi connectivity index (χ1v) is 5.74. The van der Waals surface area contributed by atoms with Gasteiger partial charge in [-0.2, -0.15) is 0 Å². The van der Waals surface area contributed by atoms with E-state index in [0.29, 0.717) is 11.3 Å². The Morgan fingerprint density at radius 3 is 2.63 bits per heavy atom. The van der Waals surface area contributed by atoms with Gasteiger partial charge in [0, 0.05) is 18.9 Å². The maximum atomic E-state index is 13.5. The van der Waals surface area contributed by atoms with Crippen LogP contribution in [0.5, 0.6) is 0 Å². The molecular formula is C14H13FN2O2. The third-order valence-electron chi connectivity index (χ3n) is 2.82. The van der Waals surface area contributed by atoms with E-state index < -0.39 is 16.9 Å². The molecule has 0 aliphatic carbocycles. The van der Waals surface area contributed by atoms with Crippen LogP contribution < -0.4 is 11.1 Å². The molecule has 0 saturated carbocycles. The summed E-state index contributed by atoms with van der Waals surface area (Å²) in [5.74, 6) is -0.417. The number of nitrogens with zero attached hydrogens (tertiary/aromatic N) is 2. The van der Waals surface area contributed by atoms with Crippen molar-refractivity contribution in [3.63, 3.8) is 0 Å². The Morgan fingerprint density at radius 2 is 2.00 bits per heavy atom. The lowest BCUT2D eigenvalue weighted by Crippen LogP contribution is -2.39. The summed E-state index contributed by atoms with van der Waals surface area (Å²) in [5, 5.41) is 0. The number of hydrogen-bond acceptors (Lipinski definition) is 2. The van der Waals surface area contributed by atoms with Crippen molar-refractivity contribution in [3.05, 3.63) is 75.3 Å². The quantitative estimate of drug-likeness (QED) is 0.622. The molecule has 0 atom stereocenters. The molecule has 1 heterocycles. The van der Waals surface area contributed by atoms with E-state index in [1.165, 1.54) is 29.1 Å². The summed E-state index contributed by atoms with van der Waals surface area (Å²) in [6.45, 7) is 5.40. The first kappa shape index (κ1) is 13.0. The Kier molecular flexibility index (Phi) is 3.46. The molecule has 0 saturated heterocycles. The molecule has 0 spiro atoms. The van der Waals surface area contributed by atoms with Crippen molar-refractivity contribution in [3.8, 4) is 5.69 Å². The molecule has 4 nitrogen and oxygen atoms in total. The fraction of sp³-hybridized carbons (Fsp3) is 0.143. The van der Waals surface area contributed by atoms with E-state index in [2.05, 4.69) is 6.58 Å². The van der Waals surface area contributed by atoms with Crippen molar-refractivity contribution in [2.75, 3.05) is 0 Å². The van der Waals surface area contributed by atoms with Crippen LogP contribution in [-0.2, 0) is 6.54 Å². The summed E-state index contributed by atoms with van der Waals surface area (Å²) >= 11 is 0. The second-order valence-corrected chi connectivity index (χ2v) is 4.15. The maximum absolute atomic E-state index is 13.5. The van der Waals surface area contributed by atoms with Crippen LogP contribution in [0.15, 0.2) is 52.8 Å². The first-order valence-electron chi connectivity index (χ1n) is 5.74. The number of halogens is 1. The Morgan fingerprint density at radius 1 is 1.26 bits per heavy atom. The van der Waals surface area contributed by atoms with Crippen LogP contribution >= 0.6 is 0 Å². The number of aromatic nitrogens is 2. The van der Waals surface area contributed by atoms with Gasteiger partial charge in [-0.15, -0.1) is 6.58 Å². The fourth-order valence-electron chi connectivity index (χ4n) is 1.73. The van der Waals surface area contributed by atoms with Crippen molar-refractivity contribution in [1.82, 2.24) is 9.13 Å². The van der Waals surface area contributed by atoms with Gasteiger partial charge in [-0.1, -0.05) is 12.1 Å². The van der Waals surface area contributed by atoms with Gasteiger partial charge in [0.05, 0.1) is 5.69 Å². The van der Waals surface area contributed by atoms with Gasteiger partial charge in [-0.05, 0) is 24.6 Å². The molecule has 98 valence electrons. The van der Waals surface area contributed by atoms with Crippen LogP contribution in [-0.4, -0.2) is 9.13 Å². The van der Waals surface area contributed by atoms with Crippen LogP contribution in [0.1, 0.15) is 5.56 Å². The third kappa shape index (κ3) is 2.40. The van der Waals surface area contributed by atoms with Crippen LogP contribution in [0.2, 0.25) is 0 Å². The van der Waals surface area contributed by atoms with Crippen LogP contribution in [0.3, 0.4) is 0 Å². The summed E-state index contributed by atoms with van der Waals surface area (Å²) in [4.78, 5) is 23.7. The minimum absolute atomic E-state index is 0.261. The molecule has 0 N–H and O–H groups in total. The van der Waals surface area contributed by atoms with Gasteiger partial charge in [-0.25, -0.2) is 4.39 Å². The second kappa shape index (κ2) is 5.06. The van der Waals surface area contributed by atoms with E-state index in [4.69, 9.17) is 0 Å². The third-order valence-corrected chi connectivity index (χ3v) is 2.82. The Bertz CT molecular complexity index is 744. The van der Waals surface area contributed by atoms with E-state index in [1.807, 2.05) is 0 Å². The second-order valence-electron chi connectivity index (χ2n) is 4.15. The van der Waals surface area contributed by atoms with Crippen molar-refractivity contribution >= 4 is 0 Å². The molecule has 0 aliphatic rings. The van der Waals surface area contributed by atoms with Gasteiger partial charge in [0.1, 0.15) is 5.82 Å². The van der Waals surface area contributed by atoms with Gasteiger partial charge >= 0.3 is 11.1 Å². The Hall–Kier alpha value is -2.43. The van der Waals surface area contributed by atoms with E-state index >= 15 is 0 Å².